The number of carbonyl (C=O) groups is 1. The highest BCUT2D eigenvalue weighted by Gasteiger charge is 2.51. The summed E-state index contributed by atoms with van der Waals surface area (Å²) < 4.78 is 5.65. The molecule has 0 spiro atoms. The molecular weight excluding hydrogens is 432 g/mol. The number of fused-ring (bicyclic) bond motifs is 1. The minimum atomic E-state index is -0.0793. The van der Waals surface area contributed by atoms with Crippen LogP contribution in [0.1, 0.15) is 84.3 Å². The number of amides is 2. The molecule has 188 valence electrons. The van der Waals surface area contributed by atoms with Crippen LogP contribution in [-0.2, 0) is 0 Å². The van der Waals surface area contributed by atoms with Crippen LogP contribution in [0, 0.1) is 17.3 Å². The second kappa shape index (κ2) is 10.1. The number of nitrogens with one attached hydrogen (secondary N) is 1. The standard InChI is InChI=1S/C31H42N2O2/c1-8-35-25-16-14-24(15-17-25)33(19-22-12-13-23-18-28(22)31(23,6)7)30(34)32-29-26(20(2)3)10-9-11-27(29)21(4)5/h9-12,14-17,20-21,23,28H,8,13,18-19H2,1-7H3,(H,32,34). The molecule has 1 fully saturated rings. The number of ether oxygens (including phenoxy) is 1. The Balaban J connectivity index is 1.68. The van der Waals surface area contributed by atoms with Crippen molar-refractivity contribution in [2.45, 2.75) is 73.1 Å². The smallest absolute Gasteiger partial charge is 0.326 e. The van der Waals surface area contributed by atoms with Gasteiger partial charge in [0.2, 0.25) is 0 Å². The molecule has 0 heterocycles. The molecule has 3 aliphatic rings. The normalized spacial score (nSPS) is 20.3. The number of anilines is 2. The predicted octanol–water partition coefficient (Wildman–Crippen LogP) is 8.36. The molecule has 2 aromatic rings. The van der Waals surface area contributed by atoms with Gasteiger partial charge in [-0.25, -0.2) is 4.79 Å². The Morgan fingerprint density at radius 2 is 1.69 bits per heavy atom. The van der Waals surface area contributed by atoms with Gasteiger partial charge in [-0.3, -0.25) is 4.90 Å². The first-order valence-corrected chi connectivity index (χ1v) is 13.3. The maximum atomic E-state index is 14.0. The first-order valence-electron chi connectivity index (χ1n) is 13.3. The summed E-state index contributed by atoms with van der Waals surface area (Å²) in [5.41, 5.74) is 5.91. The van der Waals surface area contributed by atoms with Crippen LogP contribution in [0.2, 0.25) is 0 Å². The summed E-state index contributed by atoms with van der Waals surface area (Å²) in [6.07, 6.45) is 4.75. The number of rotatable bonds is 8. The number of carbonyl (C=O) groups excluding carboxylic acids is 1. The molecule has 0 aromatic heterocycles. The highest BCUT2D eigenvalue weighted by molar-refractivity contribution is 6.03. The largest absolute Gasteiger partial charge is 0.494 e. The molecule has 0 radical (unpaired) electrons. The van der Waals surface area contributed by atoms with E-state index >= 15 is 0 Å². The molecule has 2 aromatic carbocycles. The fourth-order valence-electron chi connectivity index (χ4n) is 5.88. The zero-order valence-electron chi connectivity index (χ0n) is 22.5. The summed E-state index contributed by atoms with van der Waals surface area (Å²) in [4.78, 5) is 15.9. The lowest BCUT2D eigenvalue weighted by molar-refractivity contribution is -0.00666. The fraction of sp³-hybridized carbons (Fsp3) is 0.516. The Hall–Kier alpha value is -2.75. The quantitative estimate of drug-likeness (QED) is 0.390. The molecule has 4 nitrogen and oxygen atoms in total. The molecule has 2 unspecified atom stereocenters. The monoisotopic (exact) mass is 474 g/mol. The summed E-state index contributed by atoms with van der Waals surface area (Å²) in [6, 6.07) is 14.2. The highest BCUT2D eigenvalue weighted by atomic mass is 16.5. The summed E-state index contributed by atoms with van der Waals surface area (Å²) in [7, 11) is 0. The van der Waals surface area contributed by atoms with Crippen molar-refractivity contribution in [2.75, 3.05) is 23.4 Å². The molecule has 5 rings (SSSR count). The van der Waals surface area contributed by atoms with Crippen molar-refractivity contribution in [2.24, 2.45) is 17.3 Å². The van der Waals surface area contributed by atoms with E-state index in [4.69, 9.17) is 4.74 Å². The van der Waals surface area contributed by atoms with E-state index in [1.165, 1.54) is 23.1 Å². The van der Waals surface area contributed by atoms with Crippen LogP contribution in [-0.4, -0.2) is 19.2 Å². The highest BCUT2D eigenvalue weighted by Crippen LogP contribution is 2.59. The molecule has 1 N–H and O–H groups in total. The Morgan fingerprint density at radius 1 is 1.06 bits per heavy atom. The first kappa shape index (κ1) is 25.3. The van der Waals surface area contributed by atoms with Gasteiger partial charge in [0.25, 0.3) is 0 Å². The van der Waals surface area contributed by atoms with Gasteiger partial charge in [0, 0.05) is 17.9 Å². The number of benzene rings is 2. The van der Waals surface area contributed by atoms with Crippen LogP contribution < -0.4 is 15.0 Å². The maximum Gasteiger partial charge on any atom is 0.326 e. The second-order valence-electron chi connectivity index (χ2n) is 11.4. The van der Waals surface area contributed by atoms with Crippen molar-refractivity contribution in [3.05, 3.63) is 65.2 Å². The van der Waals surface area contributed by atoms with Crippen molar-refractivity contribution in [3.8, 4) is 5.75 Å². The van der Waals surface area contributed by atoms with Gasteiger partial charge in [0.15, 0.2) is 0 Å². The third-order valence-electron chi connectivity index (χ3n) is 8.23. The number of para-hydroxylation sites is 1. The van der Waals surface area contributed by atoms with E-state index < -0.39 is 0 Å². The Labute approximate surface area is 211 Å². The van der Waals surface area contributed by atoms with E-state index in [2.05, 4.69) is 71.1 Å². The number of hydrogen-bond acceptors (Lipinski definition) is 2. The molecule has 3 aliphatic carbocycles. The van der Waals surface area contributed by atoms with Crippen molar-refractivity contribution < 1.29 is 9.53 Å². The molecule has 2 atom stereocenters. The topological polar surface area (TPSA) is 41.6 Å². The van der Waals surface area contributed by atoms with Gasteiger partial charge < -0.3 is 10.1 Å². The summed E-state index contributed by atoms with van der Waals surface area (Å²) in [5, 5.41) is 3.35. The minimum absolute atomic E-state index is 0.0793. The molecule has 35 heavy (non-hydrogen) atoms. The van der Waals surface area contributed by atoms with Crippen molar-refractivity contribution in [1.29, 1.82) is 0 Å². The van der Waals surface area contributed by atoms with Gasteiger partial charge in [-0.15, -0.1) is 0 Å². The lowest BCUT2D eigenvalue weighted by Gasteiger charge is -2.57. The van der Waals surface area contributed by atoms with Gasteiger partial charge in [0.05, 0.1) is 6.61 Å². The number of urea groups is 1. The van der Waals surface area contributed by atoms with E-state index in [-0.39, 0.29) is 6.03 Å². The Kier molecular flexibility index (Phi) is 7.30. The van der Waals surface area contributed by atoms with E-state index in [0.717, 1.165) is 29.5 Å². The van der Waals surface area contributed by atoms with Gasteiger partial charge in [-0.2, -0.15) is 0 Å². The first-order chi connectivity index (χ1) is 16.6. The second-order valence-corrected chi connectivity index (χ2v) is 11.4. The minimum Gasteiger partial charge on any atom is -0.494 e. The lowest BCUT2D eigenvalue weighted by Crippen LogP contribution is -2.50. The van der Waals surface area contributed by atoms with Crippen LogP contribution in [0.5, 0.6) is 5.75 Å². The van der Waals surface area contributed by atoms with Crippen LogP contribution in [0.25, 0.3) is 0 Å². The lowest BCUT2D eigenvalue weighted by atomic mass is 9.49. The summed E-state index contributed by atoms with van der Waals surface area (Å²) in [6.45, 7) is 16.7. The average Bonchev–Trinajstić information content (AvgIpc) is 2.83. The van der Waals surface area contributed by atoms with Gasteiger partial charge in [-0.1, -0.05) is 71.4 Å². The van der Waals surface area contributed by atoms with E-state index in [1.54, 1.807) is 0 Å². The Morgan fingerprint density at radius 3 is 2.20 bits per heavy atom. The Bertz CT molecular complexity index is 1060. The molecule has 0 aliphatic heterocycles. The van der Waals surface area contributed by atoms with E-state index in [9.17, 15) is 4.79 Å². The zero-order chi connectivity index (χ0) is 25.3. The molecular formula is C31H42N2O2. The molecule has 0 saturated heterocycles. The van der Waals surface area contributed by atoms with Crippen LogP contribution in [0.3, 0.4) is 0 Å². The predicted molar refractivity (Wildman–Crippen MR) is 147 cm³/mol. The van der Waals surface area contributed by atoms with Crippen LogP contribution in [0.15, 0.2) is 54.1 Å². The van der Waals surface area contributed by atoms with Gasteiger partial charge >= 0.3 is 6.03 Å². The fourth-order valence-corrected chi connectivity index (χ4v) is 5.88. The van der Waals surface area contributed by atoms with Crippen LogP contribution >= 0.6 is 0 Å². The zero-order valence-corrected chi connectivity index (χ0v) is 22.5. The van der Waals surface area contributed by atoms with E-state index in [0.29, 0.717) is 36.3 Å². The van der Waals surface area contributed by atoms with Gasteiger partial charge in [0.1, 0.15) is 5.75 Å². The number of allylic oxidation sites excluding steroid dienone is 1. The summed E-state index contributed by atoms with van der Waals surface area (Å²) >= 11 is 0. The van der Waals surface area contributed by atoms with E-state index in [1.807, 2.05) is 36.1 Å². The summed E-state index contributed by atoms with van der Waals surface area (Å²) in [5.74, 6) is 2.78. The average molecular weight is 475 g/mol. The molecule has 2 bridgehead atoms. The number of nitrogens with zero attached hydrogens (tertiary/aromatic N) is 1. The SMILES string of the molecule is CCOc1ccc(N(CC2=CCC3CC2C3(C)C)C(=O)Nc2c(C(C)C)cccc2C(C)C)cc1. The van der Waals surface area contributed by atoms with Crippen molar-refractivity contribution >= 4 is 17.4 Å². The number of hydrogen-bond donors (Lipinski definition) is 1. The van der Waals surface area contributed by atoms with Gasteiger partial charge in [-0.05, 0) is 84.2 Å². The third-order valence-corrected chi connectivity index (χ3v) is 8.23. The van der Waals surface area contributed by atoms with Crippen molar-refractivity contribution in [3.63, 3.8) is 0 Å². The third kappa shape index (κ3) is 4.98. The molecule has 4 heteroatoms. The van der Waals surface area contributed by atoms with Crippen molar-refractivity contribution in [1.82, 2.24) is 0 Å². The maximum absolute atomic E-state index is 14.0. The molecule has 1 saturated carbocycles. The molecule has 2 amide bonds. The van der Waals surface area contributed by atoms with Crippen LogP contribution in [0.4, 0.5) is 16.2 Å².